The van der Waals surface area contributed by atoms with Crippen molar-refractivity contribution in [3.05, 3.63) is 0 Å². The lowest BCUT2D eigenvalue weighted by Crippen LogP contribution is -2.31. The van der Waals surface area contributed by atoms with Crippen molar-refractivity contribution >= 4 is 6.21 Å². The van der Waals surface area contributed by atoms with Crippen LogP contribution in [0.15, 0.2) is 5.16 Å². The number of oxime groups is 1. The van der Waals surface area contributed by atoms with Crippen LogP contribution in [-0.4, -0.2) is 31.4 Å². The normalized spacial score (nSPS) is 12.8. The maximum atomic E-state index is 8.07. The summed E-state index contributed by atoms with van der Waals surface area (Å²) in [5.74, 6) is -0.908. The van der Waals surface area contributed by atoms with Gasteiger partial charge in [0.2, 0.25) is 5.79 Å². The first-order valence-corrected chi connectivity index (χ1v) is 2.47. The van der Waals surface area contributed by atoms with Crippen molar-refractivity contribution in [1.29, 1.82) is 0 Å². The number of ether oxygens (including phenoxy) is 2. The first kappa shape index (κ1) is 8.39. The van der Waals surface area contributed by atoms with Gasteiger partial charge in [0.25, 0.3) is 0 Å². The van der Waals surface area contributed by atoms with E-state index in [1.807, 2.05) is 0 Å². The zero-order valence-corrected chi connectivity index (χ0v) is 5.79. The minimum absolute atomic E-state index is 0.908. The van der Waals surface area contributed by atoms with Crippen molar-refractivity contribution in [3.8, 4) is 0 Å². The molecule has 1 N–H and O–H groups in total. The molecule has 0 amide bonds. The molecule has 0 rings (SSSR count). The van der Waals surface area contributed by atoms with Crippen molar-refractivity contribution in [2.75, 3.05) is 14.2 Å². The summed E-state index contributed by atoms with van der Waals surface area (Å²) in [5, 5.41) is 10.8. The van der Waals surface area contributed by atoms with Gasteiger partial charge in [0.15, 0.2) is 0 Å². The van der Waals surface area contributed by atoms with Crippen molar-refractivity contribution in [2.24, 2.45) is 5.16 Å². The van der Waals surface area contributed by atoms with Gasteiger partial charge in [-0.3, -0.25) is 0 Å². The molecule has 0 unspecified atom stereocenters. The van der Waals surface area contributed by atoms with Crippen LogP contribution in [0.3, 0.4) is 0 Å². The van der Waals surface area contributed by atoms with E-state index in [2.05, 4.69) is 5.16 Å². The van der Waals surface area contributed by atoms with E-state index in [4.69, 9.17) is 14.7 Å². The Kier molecular flexibility index (Phi) is 3.19. The van der Waals surface area contributed by atoms with Gasteiger partial charge in [-0.2, -0.15) is 0 Å². The van der Waals surface area contributed by atoms with Gasteiger partial charge >= 0.3 is 0 Å². The summed E-state index contributed by atoms with van der Waals surface area (Å²) in [6.07, 6.45) is 1.16. The number of nitrogens with zero attached hydrogens (tertiary/aromatic N) is 1. The Hall–Kier alpha value is -0.610. The standard InChI is InChI=1S/C5H11NO3/c1-5(8-2,9-3)4-6-7/h4,7H,1-3H3. The highest BCUT2D eigenvalue weighted by atomic mass is 16.7. The third-order valence-corrected chi connectivity index (χ3v) is 1.10. The third-order valence-electron chi connectivity index (χ3n) is 1.10. The average molecular weight is 133 g/mol. The second kappa shape index (κ2) is 3.42. The Morgan fingerprint density at radius 3 is 2.00 bits per heavy atom. The zero-order valence-electron chi connectivity index (χ0n) is 5.79. The van der Waals surface area contributed by atoms with Crippen LogP contribution < -0.4 is 0 Å². The fourth-order valence-corrected chi connectivity index (χ4v) is 0.294. The fraction of sp³-hybridized carbons (Fsp3) is 0.800. The summed E-state index contributed by atoms with van der Waals surface area (Å²) in [6.45, 7) is 1.63. The van der Waals surface area contributed by atoms with E-state index in [0.29, 0.717) is 0 Å². The molecule has 54 valence electrons. The van der Waals surface area contributed by atoms with Crippen molar-refractivity contribution in [3.63, 3.8) is 0 Å². The summed E-state index contributed by atoms with van der Waals surface area (Å²) in [7, 11) is 2.93. The van der Waals surface area contributed by atoms with E-state index in [9.17, 15) is 0 Å². The summed E-state index contributed by atoms with van der Waals surface area (Å²) >= 11 is 0. The summed E-state index contributed by atoms with van der Waals surface area (Å²) in [5.41, 5.74) is 0. The van der Waals surface area contributed by atoms with Gasteiger partial charge < -0.3 is 14.7 Å². The van der Waals surface area contributed by atoms with Crippen molar-refractivity contribution < 1.29 is 14.7 Å². The summed E-state index contributed by atoms with van der Waals surface area (Å²) in [4.78, 5) is 0. The summed E-state index contributed by atoms with van der Waals surface area (Å²) < 4.78 is 9.59. The van der Waals surface area contributed by atoms with Gasteiger partial charge in [0.1, 0.15) is 6.21 Å². The van der Waals surface area contributed by atoms with Gasteiger partial charge in [-0.1, -0.05) is 5.16 Å². The van der Waals surface area contributed by atoms with Crippen LogP contribution in [0.4, 0.5) is 0 Å². The van der Waals surface area contributed by atoms with Gasteiger partial charge in [-0.25, -0.2) is 0 Å². The van der Waals surface area contributed by atoms with E-state index in [1.165, 1.54) is 14.2 Å². The predicted octanol–water partition coefficient (Wildman–Crippen LogP) is 0.455. The van der Waals surface area contributed by atoms with Crippen LogP contribution in [0.1, 0.15) is 6.92 Å². The Morgan fingerprint density at radius 2 is 1.89 bits per heavy atom. The maximum Gasteiger partial charge on any atom is 0.205 e. The monoisotopic (exact) mass is 133 g/mol. The van der Waals surface area contributed by atoms with Gasteiger partial charge in [-0.05, 0) is 6.92 Å². The minimum atomic E-state index is -0.908. The quantitative estimate of drug-likeness (QED) is 0.263. The van der Waals surface area contributed by atoms with Crippen LogP contribution >= 0.6 is 0 Å². The van der Waals surface area contributed by atoms with Crippen molar-refractivity contribution in [1.82, 2.24) is 0 Å². The van der Waals surface area contributed by atoms with E-state index in [0.717, 1.165) is 6.21 Å². The topological polar surface area (TPSA) is 51.0 Å². The largest absolute Gasteiger partial charge is 0.411 e. The van der Waals surface area contributed by atoms with Gasteiger partial charge in [0, 0.05) is 14.2 Å². The zero-order chi connectivity index (χ0) is 7.33. The van der Waals surface area contributed by atoms with E-state index < -0.39 is 5.79 Å². The van der Waals surface area contributed by atoms with Gasteiger partial charge in [0.05, 0.1) is 0 Å². The van der Waals surface area contributed by atoms with E-state index in [-0.39, 0.29) is 0 Å². The van der Waals surface area contributed by atoms with Gasteiger partial charge in [-0.15, -0.1) is 0 Å². The molecule has 0 saturated carbocycles. The molecule has 0 aromatic rings. The molecule has 0 aliphatic carbocycles. The van der Waals surface area contributed by atoms with Crippen LogP contribution in [0, 0.1) is 0 Å². The molecule has 0 saturated heterocycles. The van der Waals surface area contributed by atoms with Crippen LogP contribution in [0.25, 0.3) is 0 Å². The highest BCUT2D eigenvalue weighted by molar-refractivity contribution is 5.65. The Bertz CT molecular complexity index is 98.4. The van der Waals surface area contributed by atoms with E-state index >= 15 is 0 Å². The second-order valence-electron chi connectivity index (χ2n) is 1.67. The molecule has 0 spiro atoms. The first-order valence-electron chi connectivity index (χ1n) is 2.47. The lowest BCUT2D eigenvalue weighted by atomic mass is 10.4. The van der Waals surface area contributed by atoms with E-state index in [1.54, 1.807) is 6.92 Å². The molecule has 0 aliphatic rings. The molecular formula is C5H11NO3. The molecule has 4 heteroatoms. The molecule has 4 nitrogen and oxygen atoms in total. The van der Waals surface area contributed by atoms with Crippen molar-refractivity contribution in [2.45, 2.75) is 12.7 Å². The molecule has 9 heavy (non-hydrogen) atoms. The van der Waals surface area contributed by atoms with Crippen LogP contribution in [0.5, 0.6) is 0 Å². The Labute approximate surface area is 54.1 Å². The lowest BCUT2D eigenvalue weighted by Gasteiger charge is -2.19. The third kappa shape index (κ3) is 2.43. The fourth-order valence-electron chi connectivity index (χ4n) is 0.294. The molecule has 0 bridgehead atoms. The number of hydrogen-bond acceptors (Lipinski definition) is 4. The molecule has 0 fully saturated rings. The molecule has 0 aliphatic heterocycles. The molecular weight excluding hydrogens is 122 g/mol. The molecule has 0 aromatic heterocycles. The predicted molar refractivity (Wildman–Crippen MR) is 32.7 cm³/mol. The Morgan fingerprint density at radius 1 is 1.44 bits per heavy atom. The smallest absolute Gasteiger partial charge is 0.205 e. The maximum absolute atomic E-state index is 8.07. The Balaban J connectivity index is 3.92. The number of rotatable bonds is 3. The molecule has 0 atom stereocenters. The molecule has 0 heterocycles. The SMILES string of the molecule is COC(C)(C=NO)OC. The van der Waals surface area contributed by atoms with Crippen LogP contribution in [-0.2, 0) is 9.47 Å². The number of hydrogen-bond donors (Lipinski definition) is 1. The second-order valence-corrected chi connectivity index (χ2v) is 1.67. The molecule has 0 aromatic carbocycles. The average Bonchev–Trinajstić information content (AvgIpc) is 1.89. The lowest BCUT2D eigenvalue weighted by molar-refractivity contribution is -0.136. The van der Waals surface area contributed by atoms with Crippen LogP contribution in [0.2, 0.25) is 0 Å². The highest BCUT2D eigenvalue weighted by Gasteiger charge is 2.19. The number of methoxy groups -OCH3 is 2. The molecule has 0 radical (unpaired) electrons. The minimum Gasteiger partial charge on any atom is -0.411 e. The first-order chi connectivity index (χ1) is 4.18. The summed E-state index contributed by atoms with van der Waals surface area (Å²) in [6, 6.07) is 0. The highest BCUT2D eigenvalue weighted by Crippen LogP contribution is 2.04.